The van der Waals surface area contributed by atoms with Crippen molar-refractivity contribution in [1.82, 2.24) is 9.97 Å². The minimum atomic E-state index is -1.59. The summed E-state index contributed by atoms with van der Waals surface area (Å²) in [6.45, 7) is 3.21. The molecule has 3 heterocycles. The molecule has 9 nitrogen and oxygen atoms in total. The summed E-state index contributed by atoms with van der Waals surface area (Å²) in [5, 5.41) is 11.7. The van der Waals surface area contributed by atoms with Crippen LogP contribution in [0, 0.1) is 5.82 Å². The van der Waals surface area contributed by atoms with E-state index in [4.69, 9.17) is 20.2 Å². The predicted molar refractivity (Wildman–Crippen MR) is 161 cm³/mol. The molecule has 10 heteroatoms. The van der Waals surface area contributed by atoms with Gasteiger partial charge in [0.15, 0.2) is 5.78 Å². The van der Waals surface area contributed by atoms with E-state index in [1.807, 2.05) is 0 Å². The number of benzene rings is 2. The molecule has 4 N–H and O–H groups in total. The molecule has 226 valence electrons. The molecule has 2 aliphatic rings. The van der Waals surface area contributed by atoms with E-state index in [2.05, 4.69) is 4.98 Å². The molecule has 44 heavy (non-hydrogen) atoms. The van der Waals surface area contributed by atoms with Crippen LogP contribution in [0.25, 0.3) is 22.4 Å². The summed E-state index contributed by atoms with van der Waals surface area (Å²) in [5.41, 5.74) is 6.14. The lowest BCUT2D eigenvalue weighted by Gasteiger charge is -2.26. The highest BCUT2D eigenvalue weighted by Crippen LogP contribution is 2.46. The van der Waals surface area contributed by atoms with Gasteiger partial charge in [-0.3, -0.25) is 14.4 Å². The van der Waals surface area contributed by atoms with E-state index in [1.54, 1.807) is 62.5 Å². The van der Waals surface area contributed by atoms with E-state index in [-0.39, 0.29) is 42.6 Å². The van der Waals surface area contributed by atoms with Crippen molar-refractivity contribution in [3.8, 4) is 33.9 Å². The van der Waals surface area contributed by atoms with Crippen molar-refractivity contribution in [2.45, 2.75) is 56.7 Å². The molecule has 0 radical (unpaired) electrons. The summed E-state index contributed by atoms with van der Waals surface area (Å²) in [7, 11) is 0. The third kappa shape index (κ3) is 5.60. The Morgan fingerprint density at radius 2 is 1.86 bits per heavy atom. The summed E-state index contributed by atoms with van der Waals surface area (Å²) < 4.78 is 25.6. The Hall–Kier alpha value is -4.83. The van der Waals surface area contributed by atoms with Gasteiger partial charge in [-0.15, -0.1) is 0 Å². The molecule has 4 aromatic rings. The van der Waals surface area contributed by atoms with Crippen LogP contribution in [0.15, 0.2) is 71.7 Å². The molecule has 1 aliphatic carbocycles. The predicted octanol–water partition coefficient (Wildman–Crippen LogP) is 4.79. The number of hydrogen-bond acceptors (Lipinski definition) is 7. The maximum atomic E-state index is 13.7. The molecule has 1 saturated carbocycles. The van der Waals surface area contributed by atoms with Crippen LogP contribution in [0.1, 0.15) is 61.1 Å². The number of rotatable bonds is 10. The molecular formula is C34H32FN3O6. The Morgan fingerprint density at radius 1 is 1.14 bits per heavy atom. The maximum absolute atomic E-state index is 13.7. The standard InChI is InChI=1S/C34H32FN3O6/c1-33(32(36)41)18-43-31-25(33)16-28(38-30(31)19-3-7-22(35)8-4-19)34(2,42)14-13-26(39)20-5-11-27(44-23-9-10-23)24(15-20)21-6-12-29(40)37-17-21/h3-8,11-12,15-17,23,42H,9-10,13-14,18H2,1-2H3,(H2,36,41)(H,37,40)/t33-,34-/m0/s1. The van der Waals surface area contributed by atoms with Crippen molar-refractivity contribution >= 4 is 11.7 Å². The number of nitrogens with two attached hydrogens (primary N) is 1. The summed E-state index contributed by atoms with van der Waals surface area (Å²) in [4.78, 5) is 44.9. The van der Waals surface area contributed by atoms with Gasteiger partial charge >= 0.3 is 0 Å². The number of halogens is 1. The zero-order valence-corrected chi connectivity index (χ0v) is 24.4. The second kappa shape index (κ2) is 11.0. The van der Waals surface area contributed by atoms with Gasteiger partial charge in [0.05, 0.1) is 11.8 Å². The Balaban J connectivity index is 1.30. The number of aliphatic hydroxyl groups is 1. The van der Waals surface area contributed by atoms with Gasteiger partial charge < -0.3 is 25.3 Å². The smallest absolute Gasteiger partial charge is 0.247 e. The fraction of sp³-hybridized carbons (Fsp3) is 0.294. The molecule has 6 rings (SSSR count). The number of aromatic amines is 1. The number of primary amides is 1. The van der Waals surface area contributed by atoms with E-state index >= 15 is 0 Å². The Labute approximate surface area is 252 Å². The molecule has 0 unspecified atom stereocenters. The second-order valence-corrected chi connectivity index (χ2v) is 11.9. The largest absolute Gasteiger partial charge is 0.490 e. The Bertz CT molecular complexity index is 1810. The molecule has 1 fully saturated rings. The molecule has 2 aromatic heterocycles. The highest BCUT2D eigenvalue weighted by molar-refractivity contribution is 5.98. The number of hydrogen-bond donors (Lipinski definition) is 3. The van der Waals surface area contributed by atoms with Crippen LogP contribution in [0.2, 0.25) is 0 Å². The number of fused-ring (bicyclic) bond motifs is 1. The van der Waals surface area contributed by atoms with Crippen LogP contribution in [0.4, 0.5) is 4.39 Å². The van der Waals surface area contributed by atoms with Gasteiger partial charge in [-0.1, -0.05) is 0 Å². The molecule has 1 amide bonds. The van der Waals surface area contributed by atoms with Crippen LogP contribution < -0.4 is 20.8 Å². The van der Waals surface area contributed by atoms with Crippen LogP contribution in [0.5, 0.6) is 11.5 Å². The van der Waals surface area contributed by atoms with Gasteiger partial charge in [-0.05, 0) is 87.7 Å². The first kappa shape index (κ1) is 29.3. The van der Waals surface area contributed by atoms with Crippen molar-refractivity contribution in [2.24, 2.45) is 5.73 Å². The van der Waals surface area contributed by atoms with Gasteiger partial charge in [0.25, 0.3) is 0 Å². The van der Waals surface area contributed by atoms with E-state index in [0.29, 0.717) is 45.0 Å². The van der Waals surface area contributed by atoms with Crippen LogP contribution in [0.3, 0.4) is 0 Å². The molecule has 0 spiro atoms. The number of ketones is 1. The van der Waals surface area contributed by atoms with Crippen molar-refractivity contribution in [2.75, 3.05) is 6.61 Å². The first-order valence-electron chi connectivity index (χ1n) is 14.4. The third-order valence-corrected chi connectivity index (χ3v) is 8.34. The van der Waals surface area contributed by atoms with Crippen LogP contribution in [-0.4, -0.2) is 39.5 Å². The highest BCUT2D eigenvalue weighted by Gasteiger charge is 2.45. The number of nitrogens with zero attached hydrogens (tertiary/aromatic N) is 1. The van der Waals surface area contributed by atoms with Gasteiger partial charge in [0, 0.05) is 46.5 Å². The van der Waals surface area contributed by atoms with Gasteiger partial charge in [-0.2, -0.15) is 0 Å². The number of amides is 1. The van der Waals surface area contributed by atoms with E-state index in [1.165, 1.54) is 18.2 Å². The average molecular weight is 598 g/mol. The van der Waals surface area contributed by atoms with E-state index in [0.717, 1.165) is 12.8 Å². The van der Waals surface area contributed by atoms with E-state index in [9.17, 15) is 23.9 Å². The van der Waals surface area contributed by atoms with Gasteiger partial charge in [0.1, 0.15) is 40.6 Å². The SMILES string of the molecule is C[C@](O)(CCC(=O)c1ccc(OC2CC2)c(-c2ccc(=O)[nH]c2)c1)c1cc2c(c(-c3ccc(F)cc3)n1)OC[C@]2(C)C(N)=O. The van der Waals surface area contributed by atoms with Crippen LogP contribution >= 0.6 is 0 Å². The molecule has 1 aliphatic heterocycles. The summed E-state index contributed by atoms with van der Waals surface area (Å²) in [6, 6.07) is 15.5. The summed E-state index contributed by atoms with van der Waals surface area (Å²) >= 11 is 0. The fourth-order valence-corrected chi connectivity index (χ4v) is 5.27. The normalized spacial score (nSPS) is 18.6. The number of carbonyl (C=O) groups excluding carboxylic acids is 2. The Morgan fingerprint density at radius 3 is 2.52 bits per heavy atom. The summed E-state index contributed by atoms with van der Waals surface area (Å²) in [5.74, 6) is -0.263. The lowest BCUT2D eigenvalue weighted by atomic mass is 9.81. The first-order valence-corrected chi connectivity index (χ1v) is 14.4. The van der Waals surface area contributed by atoms with Crippen molar-refractivity contribution in [3.05, 3.63) is 99.9 Å². The fourth-order valence-electron chi connectivity index (χ4n) is 5.27. The Kier molecular flexibility index (Phi) is 7.33. The van der Waals surface area contributed by atoms with Gasteiger partial charge in [0.2, 0.25) is 11.5 Å². The lowest BCUT2D eigenvalue weighted by molar-refractivity contribution is -0.123. The first-order chi connectivity index (χ1) is 20.9. The number of H-pyrrole nitrogens is 1. The topological polar surface area (TPSA) is 145 Å². The van der Waals surface area contributed by atoms with Crippen molar-refractivity contribution in [3.63, 3.8) is 0 Å². The number of carbonyl (C=O) groups is 2. The number of nitrogens with one attached hydrogen (secondary N) is 1. The maximum Gasteiger partial charge on any atom is 0.247 e. The van der Waals surface area contributed by atoms with Crippen LogP contribution in [-0.2, 0) is 15.8 Å². The highest BCUT2D eigenvalue weighted by atomic mass is 19.1. The number of Topliss-reactive ketones (excluding diaryl/α,β-unsaturated/α-hetero) is 1. The zero-order chi connectivity index (χ0) is 31.2. The zero-order valence-electron chi connectivity index (χ0n) is 24.4. The van der Waals surface area contributed by atoms with Gasteiger partial charge in [-0.25, -0.2) is 9.37 Å². The monoisotopic (exact) mass is 597 g/mol. The quantitative estimate of drug-likeness (QED) is 0.223. The average Bonchev–Trinajstić information content (AvgIpc) is 3.76. The molecule has 2 atom stereocenters. The molecule has 2 aromatic carbocycles. The molecular weight excluding hydrogens is 565 g/mol. The summed E-state index contributed by atoms with van der Waals surface area (Å²) in [6.07, 6.45) is 3.64. The van der Waals surface area contributed by atoms with E-state index < -0.39 is 22.7 Å². The van der Waals surface area contributed by atoms with Crippen molar-refractivity contribution in [1.29, 1.82) is 0 Å². The number of pyridine rings is 2. The number of ether oxygens (including phenoxy) is 2. The second-order valence-electron chi connectivity index (χ2n) is 11.9. The minimum absolute atomic E-state index is 0.00425. The minimum Gasteiger partial charge on any atom is -0.490 e. The molecule has 0 saturated heterocycles. The third-order valence-electron chi connectivity index (χ3n) is 8.34. The van der Waals surface area contributed by atoms with Crippen molar-refractivity contribution < 1.29 is 28.6 Å². The molecule has 0 bridgehead atoms. The lowest BCUT2D eigenvalue weighted by Crippen LogP contribution is -2.40. The number of aromatic nitrogens is 2.